The van der Waals surface area contributed by atoms with Crippen molar-refractivity contribution >= 4 is 17.0 Å². The molecule has 0 bridgehead atoms. The molecule has 0 aromatic rings. The van der Waals surface area contributed by atoms with Crippen LogP contribution in [0.25, 0.3) is 0 Å². The van der Waals surface area contributed by atoms with Gasteiger partial charge >= 0.3 is 0 Å². The molecule has 0 N–H and O–H groups in total. The van der Waals surface area contributed by atoms with E-state index in [2.05, 4.69) is 15.7 Å². The van der Waals surface area contributed by atoms with Crippen LogP contribution in [0.5, 0.6) is 0 Å². The van der Waals surface area contributed by atoms with Crippen molar-refractivity contribution < 1.29 is 0 Å². The van der Waals surface area contributed by atoms with Crippen molar-refractivity contribution in [2.45, 2.75) is 0 Å². The van der Waals surface area contributed by atoms with E-state index in [0.717, 1.165) is 6.67 Å². The highest BCUT2D eigenvalue weighted by atomic mass is 79.9. The Labute approximate surface area is 72.3 Å². The van der Waals surface area contributed by atoms with E-state index in [0.29, 0.717) is 6.54 Å². The van der Waals surface area contributed by atoms with Crippen LogP contribution in [0.1, 0.15) is 0 Å². The molecule has 1 heterocycles. The Bertz CT molecular complexity index is 159. The minimum atomic E-state index is 0. The molecule has 1 aliphatic heterocycles. The van der Waals surface area contributed by atoms with Crippen LogP contribution in [0.4, 0.5) is 0 Å². The average Bonchev–Trinajstić information content (AvgIpc) is 2.17. The van der Waals surface area contributed by atoms with Gasteiger partial charge in [-0.15, -0.1) is 23.4 Å². The second kappa shape index (κ2) is 4.24. The molecule has 0 aliphatic carbocycles. The van der Waals surface area contributed by atoms with E-state index in [-0.39, 0.29) is 17.0 Å². The maximum absolute atomic E-state index is 5.11. The summed E-state index contributed by atoms with van der Waals surface area (Å²) in [5, 5.41) is 0. The molecule has 0 fully saturated rings. The van der Waals surface area contributed by atoms with Crippen molar-refractivity contribution in [2.24, 2.45) is 0 Å². The number of hydrogen-bond donors (Lipinski definition) is 0. The van der Waals surface area contributed by atoms with Gasteiger partial charge < -0.3 is 9.80 Å². The summed E-state index contributed by atoms with van der Waals surface area (Å²) in [6.07, 6.45) is 9.12. The third-order valence-corrected chi connectivity index (χ3v) is 1.23. The van der Waals surface area contributed by atoms with Gasteiger partial charge in [0.2, 0.25) is 0 Å². The van der Waals surface area contributed by atoms with Crippen LogP contribution in [0, 0.1) is 12.3 Å². The number of nitrogens with zero attached hydrogens (tertiary/aromatic N) is 2. The minimum Gasteiger partial charge on any atom is -0.362 e. The quantitative estimate of drug-likeness (QED) is 0.583. The van der Waals surface area contributed by atoms with E-state index >= 15 is 0 Å². The zero-order valence-electron chi connectivity index (χ0n) is 5.95. The molecule has 10 heavy (non-hydrogen) atoms. The fraction of sp³-hybridized carbons (Fsp3) is 0.429. The Kier molecular flexibility index (Phi) is 3.97. The molecule has 0 amide bonds. The maximum Gasteiger partial charge on any atom is 0.0899 e. The smallest absolute Gasteiger partial charge is 0.0899 e. The van der Waals surface area contributed by atoms with Crippen molar-refractivity contribution in [3.05, 3.63) is 12.4 Å². The van der Waals surface area contributed by atoms with Gasteiger partial charge in [0.25, 0.3) is 0 Å². The van der Waals surface area contributed by atoms with Crippen LogP contribution in [0.3, 0.4) is 0 Å². The van der Waals surface area contributed by atoms with Crippen molar-refractivity contribution in [2.75, 3.05) is 20.3 Å². The van der Waals surface area contributed by atoms with E-state index in [9.17, 15) is 0 Å². The van der Waals surface area contributed by atoms with Crippen molar-refractivity contribution in [3.8, 4) is 12.3 Å². The monoisotopic (exact) mass is 202 g/mol. The van der Waals surface area contributed by atoms with Crippen LogP contribution in [0.2, 0.25) is 0 Å². The molecule has 0 radical (unpaired) electrons. The lowest BCUT2D eigenvalue weighted by Crippen LogP contribution is -2.22. The molecular weight excluding hydrogens is 192 g/mol. The molecule has 0 unspecified atom stereocenters. The number of hydrogen-bond acceptors (Lipinski definition) is 2. The fourth-order valence-electron chi connectivity index (χ4n) is 0.809. The van der Waals surface area contributed by atoms with E-state index in [1.807, 2.05) is 19.4 Å². The lowest BCUT2D eigenvalue weighted by Gasteiger charge is -2.14. The molecule has 56 valence electrons. The van der Waals surface area contributed by atoms with Crippen molar-refractivity contribution in [1.29, 1.82) is 0 Å². The van der Waals surface area contributed by atoms with Crippen LogP contribution >= 0.6 is 17.0 Å². The van der Waals surface area contributed by atoms with Gasteiger partial charge in [-0.1, -0.05) is 5.92 Å². The van der Waals surface area contributed by atoms with Crippen LogP contribution in [-0.2, 0) is 0 Å². The van der Waals surface area contributed by atoms with E-state index in [4.69, 9.17) is 6.42 Å². The topological polar surface area (TPSA) is 6.48 Å². The number of halogens is 1. The Morgan fingerprint density at radius 2 is 2.30 bits per heavy atom. The molecule has 3 heteroatoms. The molecule has 2 nitrogen and oxygen atoms in total. The first kappa shape index (κ1) is 9.38. The highest BCUT2D eigenvalue weighted by Gasteiger charge is 2.04. The van der Waals surface area contributed by atoms with Gasteiger partial charge in [0, 0.05) is 19.4 Å². The molecule has 1 aliphatic rings. The first-order valence-corrected chi connectivity index (χ1v) is 2.89. The Morgan fingerprint density at radius 3 is 2.70 bits per heavy atom. The summed E-state index contributed by atoms with van der Waals surface area (Å²) in [6.45, 7) is 1.63. The van der Waals surface area contributed by atoms with Gasteiger partial charge in [0.15, 0.2) is 0 Å². The van der Waals surface area contributed by atoms with Gasteiger partial charge in [0.05, 0.1) is 13.2 Å². The normalized spacial score (nSPS) is 14.8. The fourth-order valence-corrected chi connectivity index (χ4v) is 0.809. The maximum atomic E-state index is 5.11. The van der Waals surface area contributed by atoms with Crippen LogP contribution in [-0.4, -0.2) is 30.1 Å². The van der Waals surface area contributed by atoms with E-state index in [1.54, 1.807) is 0 Å². The van der Waals surface area contributed by atoms with Crippen LogP contribution in [0.15, 0.2) is 12.4 Å². The van der Waals surface area contributed by atoms with E-state index in [1.165, 1.54) is 0 Å². The SMILES string of the molecule is Br.C#CCN1C=CN(C)C1. The van der Waals surface area contributed by atoms with Crippen LogP contribution < -0.4 is 0 Å². The molecule has 0 atom stereocenters. The summed E-state index contributed by atoms with van der Waals surface area (Å²) in [5.41, 5.74) is 0. The highest BCUT2D eigenvalue weighted by Crippen LogP contribution is 2.00. The zero-order valence-corrected chi connectivity index (χ0v) is 7.66. The Morgan fingerprint density at radius 1 is 1.60 bits per heavy atom. The molecule has 1 rings (SSSR count). The Hall–Kier alpha value is -0.620. The molecule has 0 aromatic carbocycles. The van der Waals surface area contributed by atoms with Gasteiger partial charge in [-0.3, -0.25) is 0 Å². The molecule has 0 saturated heterocycles. The summed E-state index contributed by atoms with van der Waals surface area (Å²) in [4.78, 5) is 4.15. The first-order valence-electron chi connectivity index (χ1n) is 2.89. The summed E-state index contributed by atoms with van der Waals surface area (Å²) in [7, 11) is 2.02. The first-order chi connectivity index (χ1) is 4.33. The molecular formula is C7H11BrN2. The summed E-state index contributed by atoms with van der Waals surface area (Å²) in [5.74, 6) is 2.58. The summed E-state index contributed by atoms with van der Waals surface area (Å²) >= 11 is 0. The number of terminal acetylenes is 1. The highest BCUT2D eigenvalue weighted by molar-refractivity contribution is 8.93. The zero-order chi connectivity index (χ0) is 6.69. The molecule has 0 saturated carbocycles. The van der Waals surface area contributed by atoms with Crippen molar-refractivity contribution in [3.63, 3.8) is 0 Å². The lowest BCUT2D eigenvalue weighted by atomic mass is 10.6. The largest absolute Gasteiger partial charge is 0.362 e. The standard InChI is InChI=1S/C7H10N2.BrH/c1-3-4-9-6-5-8(2)7-9;/h1,5-6H,4,7H2,2H3;1H. The third-order valence-electron chi connectivity index (χ3n) is 1.23. The summed E-state index contributed by atoms with van der Waals surface area (Å²) < 4.78 is 0. The third kappa shape index (κ3) is 2.32. The number of rotatable bonds is 1. The summed E-state index contributed by atoms with van der Waals surface area (Å²) in [6, 6.07) is 0. The van der Waals surface area contributed by atoms with E-state index < -0.39 is 0 Å². The Balaban J connectivity index is 0.000000810. The second-order valence-corrected chi connectivity index (χ2v) is 2.15. The van der Waals surface area contributed by atoms with Gasteiger partial charge in [-0.2, -0.15) is 0 Å². The lowest BCUT2D eigenvalue weighted by molar-refractivity contribution is 0.321. The van der Waals surface area contributed by atoms with Gasteiger partial charge in [0.1, 0.15) is 0 Å². The van der Waals surface area contributed by atoms with Crippen molar-refractivity contribution in [1.82, 2.24) is 9.80 Å². The second-order valence-electron chi connectivity index (χ2n) is 2.15. The molecule has 0 spiro atoms. The average molecular weight is 203 g/mol. The predicted molar refractivity (Wildman–Crippen MR) is 47.6 cm³/mol. The predicted octanol–water partition coefficient (Wildman–Crippen LogP) is 0.874. The van der Waals surface area contributed by atoms with Gasteiger partial charge in [-0.25, -0.2) is 0 Å². The minimum absolute atomic E-state index is 0. The van der Waals surface area contributed by atoms with Gasteiger partial charge in [-0.05, 0) is 0 Å². The molecule has 0 aromatic heterocycles.